The molecule has 0 spiro atoms. The van der Waals surface area contributed by atoms with E-state index in [0.29, 0.717) is 12.5 Å². The summed E-state index contributed by atoms with van der Waals surface area (Å²) in [6.45, 7) is 6.60. The largest absolute Gasteiger partial charge is 0.493 e. The Labute approximate surface area is 184 Å². The smallest absolute Gasteiger partial charge is 0.231 e. The second-order valence-electron chi connectivity index (χ2n) is 9.98. The Balaban J connectivity index is 1.39. The first-order chi connectivity index (χ1) is 15.0. The van der Waals surface area contributed by atoms with Crippen molar-refractivity contribution in [3.05, 3.63) is 36.4 Å². The topological polar surface area (TPSA) is 58.6 Å². The molecule has 0 atom stereocenters. The van der Waals surface area contributed by atoms with Gasteiger partial charge in [-0.05, 0) is 56.6 Å². The zero-order valence-electron chi connectivity index (χ0n) is 18.6. The average Bonchev–Trinajstić information content (AvgIpc) is 3.69. The normalized spacial score (nSPS) is 20.7. The lowest BCUT2D eigenvalue weighted by atomic mass is 9.83. The number of likely N-dealkylation sites (tertiary alicyclic amines) is 1. The second-order valence-corrected chi connectivity index (χ2v) is 9.98. The van der Waals surface area contributed by atoms with E-state index in [9.17, 15) is 9.59 Å². The highest BCUT2D eigenvalue weighted by atomic mass is 16.5. The monoisotopic (exact) mass is 420 g/mol. The number of nitrogens with one attached hydrogen (secondary N) is 1. The van der Waals surface area contributed by atoms with Gasteiger partial charge in [-0.3, -0.25) is 9.59 Å². The lowest BCUT2D eigenvalue weighted by molar-refractivity contribution is -0.143. The van der Waals surface area contributed by atoms with Gasteiger partial charge in [-0.25, -0.2) is 0 Å². The minimum absolute atomic E-state index is 0.0125. The van der Waals surface area contributed by atoms with Gasteiger partial charge in [0.25, 0.3) is 0 Å². The van der Waals surface area contributed by atoms with Crippen LogP contribution in [0.1, 0.15) is 52.4 Å². The number of carbonyl (C=O) groups is 2. The van der Waals surface area contributed by atoms with Gasteiger partial charge in [-0.2, -0.15) is 0 Å². The van der Waals surface area contributed by atoms with Crippen LogP contribution < -0.4 is 10.1 Å². The van der Waals surface area contributed by atoms with Crippen LogP contribution in [0.25, 0.3) is 10.8 Å². The van der Waals surface area contributed by atoms with Crippen molar-refractivity contribution in [3.63, 3.8) is 0 Å². The maximum absolute atomic E-state index is 13.5. The fraction of sp³-hybridized carbons (Fsp3) is 0.538. The van der Waals surface area contributed by atoms with Crippen LogP contribution in [0.5, 0.6) is 5.75 Å². The van der Waals surface area contributed by atoms with E-state index < -0.39 is 10.8 Å². The number of nitrogens with zero attached hydrogens (tertiary/aromatic N) is 1. The third-order valence-corrected chi connectivity index (χ3v) is 7.36. The van der Waals surface area contributed by atoms with E-state index in [-0.39, 0.29) is 11.8 Å². The van der Waals surface area contributed by atoms with E-state index in [1.54, 1.807) is 0 Å². The first kappa shape index (κ1) is 20.3. The molecule has 1 saturated heterocycles. The van der Waals surface area contributed by atoms with Crippen molar-refractivity contribution >= 4 is 28.3 Å². The molecule has 0 unspecified atom stereocenters. The summed E-state index contributed by atoms with van der Waals surface area (Å²) in [6.07, 6.45) is 5.48. The molecule has 3 fully saturated rings. The van der Waals surface area contributed by atoms with Crippen LogP contribution in [-0.4, -0.2) is 36.4 Å². The number of hydrogen-bond donors (Lipinski definition) is 1. The molecule has 0 radical (unpaired) electrons. The third kappa shape index (κ3) is 3.38. The number of amides is 2. The van der Waals surface area contributed by atoms with E-state index in [0.717, 1.165) is 73.8 Å². The van der Waals surface area contributed by atoms with Crippen LogP contribution in [0, 0.1) is 16.7 Å². The number of hydrogen-bond acceptors (Lipinski definition) is 3. The van der Waals surface area contributed by atoms with Crippen molar-refractivity contribution < 1.29 is 14.3 Å². The van der Waals surface area contributed by atoms with Crippen LogP contribution in [0.3, 0.4) is 0 Å². The van der Waals surface area contributed by atoms with E-state index in [1.165, 1.54) is 0 Å². The Kier molecular flexibility index (Phi) is 4.95. The molecular weight excluding hydrogens is 388 g/mol. The zero-order valence-corrected chi connectivity index (χ0v) is 18.6. The molecule has 1 N–H and O–H groups in total. The summed E-state index contributed by atoms with van der Waals surface area (Å²) in [6, 6.07) is 11.9. The van der Waals surface area contributed by atoms with Crippen molar-refractivity contribution in [1.82, 2.24) is 4.90 Å². The maximum Gasteiger partial charge on any atom is 0.231 e. The molecule has 2 aliphatic carbocycles. The van der Waals surface area contributed by atoms with E-state index >= 15 is 0 Å². The summed E-state index contributed by atoms with van der Waals surface area (Å²) in [4.78, 5) is 28.8. The summed E-state index contributed by atoms with van der Waals surface area (Å²) >= 11 is 0. The van der Waals surface area contributed by atoms with Crippen molar-refractivity contribution in [2.75, 3.05) is 25.0 Å². The lowest BCUT2D eigenvalue weighted by Gasteiger charge is -2.29. The third-order valence-electron chi connectivity index (χ3n) is 7.36. The minimum atomic E-state index is -0.527. The molecule has 5 nitrogen and oxygen atoms in total. The summed E-state index contributed by atoms with van der Waals surface area (Å²) in [7, 11) is 0. The SMILES string of the molecule is CC(C)COc1ccc(NC(=O)C2(C3(C(=O)N4CCCC4)CC3)CC2)c2ccccc12. The second kappa shape index (κ2) is 7.54. The molecular formula is C26H32N2O3. The van der Waals surface area contributed by atoms with Gasteiger partial charge in [0.15, 0.2) is 0 Å². The van der Waals surface area contributed by atoms with Crippen molar-refractivity contribution in [2.24, 2.45) is 16.7 Å². The first-order valence-electron chi connectivity index (χ1n) is 11.7. The van der Waals surface area contributed by atoms with Crippen molar-refractivity contribution in [2.45, 2.75) is 52.4 Å². The van der Waals surface area contributed by atoms with Gasteiger partial charge in [0.1, 0.15) is 5.75 Å². The quantitative estimate of drug-likeness (QED) is 0.686. The number of anilines is 1. The molecule has 2 aromatic rings. The van der Waals surface area contributed by atoms with Crippen LogP contribution in [-0.2, 0) is 9.59 Å². The van der Waals surface area contributed by atoms with E-state index in [4.69, 9.17) is 4.74 Å². The Morgan fingerprint density at radius 3 is 2.23 bits per heavy atom. The van der Waals surface area contributed by atoms with Crippen LogP contribution in [0.15, 0.2) is 36.4 Å². The van der Waals surface area contributed by atoms with Crippen molar-refractivity contribution in [1.29, 1.82) is 0 Å². The molecule has 5 heteroatoms. The standard InChI is InChI=1S/C26H32N2O3/c1-18(2)17-31-22-10-9-21(19-7-3-4-8-20(19)22)27-23(29)25(11-12-25)26(13-14-26)24(30)28-15-5-6-16-28/h3-4,7-10,18H,5-6,11-17H2,1-2H3,(H,27,29). The first-order valence-corrected chi connectivity index (χ1v) is 11.7. The Hall–Kier alpha value is -2.56. The molecule has 0 aromatic heterocycles. The number of fused-ring (bicyclic) bond motifs is 1. The van der Waals surface area contributed by atoms with E-state index in [2.05, 4.69) is 19.2 Å². The highest BCUT2D eigenvalue weighted by Gasteiger charge is 2.73. The van der Waals surface area contributed by atoms with Gasteiger partial charge in [-0.15, -0.1) is 0 Å². The molecule has 1 aliphatic heterocycles. The molecule has 3 aliphatic rings. The molecule has 5 rings (SSSR count). The lowest BCUT2D eigenvalue weighted by Crippen LogP contribution is -2.44. The summed E-state index contributed by atoms with van der Waals surface area (Å²) in [5.74, 6) is 1.51. The molecule has 31 heavy (non-hydrogen) atoms. The molecule has 2 saturated carbocycles. The molecule has 2 amide bonds. The minimum Gasteiger partial charge on any atom is -0.493 e. The summed E-state index contributed by atoms with van der Waals surface area (Å²) in [5.41, 5.74) is -0.189. The molecule has 1 heterocycles. The number of rotatable bonds is 7. The molecule has 2 aromatic carbocycles. The Morgan fingerprint density at radius 2 is 1.61 bits per heavy atom. The van der Waals surface area contributed by atoms with E-state index in [1.807, 2.05) is 41.3 Å². The van der Waals surface area contributed by atoms with Crippen molar-refractivity contribution in [3.8, 4) is 5.75 Å². The number of benzene rings is 2. The summed E-state index contributed by atoms with van der Waals surface area (Å²) in [5, 5.41) is 5.18. The number of ether oxygens (including phenoxy) is 1. The number of carbonyl (C=O) groups excluding carboxylic acids is 2. The predicted molar refractivity (Wildman–Crippen MR) is 122 cm³/mol. The van der Waals surface area contributed by atoms with Gasteiger partial charge in [0.2, 0.25) is 11.8 Å². The van der Waals surface area contributed by atoms with Gasteiger partial charge in [-0.1, -0.05) is 38.1 Å². The van der Waals surface area contributed by atoms with Gasteiger partial charge < -0.3 is 15.0 Å². The maximum atomic E-state index is 13.5. The fourth-order valence-electron chi connectivity index (χ4n) is 5.30. The van der Waals surface area contributed by atoms with Gasteiger partial charge in [0, 0.05) is 29.5 Å². The fourth-order valence-corrected chi connectivity index (χ4v) is 5.30. The molecule has 164 valence electrons. The average molecular weight is 421 g/mol. The van der Waals surface area contributed by atoms with Crippen LogP contribution in [0.4, 0.5) is 5.69 Å². The van der Waals surface area contributed by atoms with Crippen LogP contribution in [0.2, 0.25) is 0 Å². The summed E-state index contributed by atoms with van der Waals surface area (Å²) < 4.78 is 6.01. The molecule has 0 bridgehead atoms. The highest BCUT2D eigenvalue weighted by molar-refractivity contribution is 6.09. The Bertz CT molecular complexity index is 1010. The highest BCUT2D eigenvalue weighted by Crippen LogP contribution is 2.71. The zero-order chi connectivity index (χ0) is 21.6. The van der Waals surface area contributed by atoms with Gasteiger partial charge in [0.05, 0.1) is 17.4 Å². The van der Waals surface area contributed by atoms with Gasteiger partial charge >= 0.3 is 0 Å². The van der Waals surface area contributed by atoms with Crippen LogP contribution >= 0.6 is 0 Å². The predicted octanol–water partition coefficient (Wildman–Crippen LogP) is 5.00. The Morgan fingerprint density at radius 1 is 0.968 bits per heavy atom.